The first-order valence-electron chi connectivity index (χ1n) is 10.0. The van der Waals surface area contributed by atoms with E-state index in [1.807, 2.05) is 6.92 Å². The molecule has 1 N–H and O–H groups in total. The molecule has 136 valence electrons. The molecule has 24 heavy (non-hydrogen) atoms. The summed E-state index contributed by atoms with van der Waals surface area (Å²) in [6, 6.07) is 0. The van der Waals surface area contributed by atoms with E-state index in [4.69, 9.17) is 0 Å². The topological polar surface area (TPSA) is 29.1 Å². The molecule has 0 spiro atoms. The zero-order chi connectivity index (χ0) is 17.7. The molecule has 0 aromatic carbocycles. The van der Waals surface area contributed by atoms with E-state index in [-0.39, 0.29) is 5.91 Å². The Bertz CT molecular complexity index is 405. The maximum atomic E-state index is 11.2. The number of unbranched alkanes of at least 4 members (excludes halogenated alkanes) is 11. The number of carbonyl (C=O) groups is 1. The largest absolute Gasteiger partial charge is 0.356 e. The molecule has 0 unspecified atom stereocenters. The highest BCUT2D eigenvalue weighted by molar-refractivity contribution is 5.75. The molecule has 0 atom stereocenters. The minimum atomic E-state index is 0.117. The summed E-state index contributed by atoms with van der Waals surface area (Å²) in [7, 11) is 0. The van der Waals surface area contributed by atoms with Crippen molar-refractivity contribution < 1.29 is 4.79 Å². The van der Waals surface area contributed by atoms with Crippen molar-refractivity contribution in [3.8, 4) is 23.7 Å². The van der Waals surface area contributed by atoms with Gasteiger partial charge in [-0.2, -0.15) is 0 Å². The van der Waals surface area contributed by atoms with Crippen molar-refractivity contribution in [2.45, 2.75) is 104 Å². The molecule has 0 aliphatic carbocycles. The van der Waals surface area contributed by atoms with Crippen molar-refractivity contribution in [1.82, 2.24) is 5.32 Å². The lowest BCUT2D eigenvalue weighted by Gasteiger charge is -2.00. The maximum Gasteiger partial charge on any atom is 0.220 e. The fourth-order valence-electron chi connectivity index (χ4n) is 2.54. The fourth-order valence-corrected chi connectivity index (χ4v) is 2.54. The number of nitrogens with one attached hydrogen (secondary N) is 1. The Morgan fingerprint density at radius 3 is 1.75 bits per heavy atom. The average molecular weight is 332 g/mol. The summed E-state index contributed by atoms with van der Waals surface area (Å²) in [5.74, 6) is 12.1. The molecule has 0 saturated heterocycles. The number of hydrogen-bond donors (Lipinski definition) is 1. The smallest absolute Gasteiger partial charge is 0.220 e. The van der Waals surface area contributed by atoms with E-state index in [1.165, 1.54) is 64.2 Å². The van der Waals surface area contributed by atoms with Gasteiger partial charge in [0, 0.05) is 25.8 Å². The van der Waals surface area contributed by atoms with Gasteiger partial charge in [-0.15, -0.1) is 0 Å². The van der Waals surface area contributed by atoms with Crippen LogP contribution in [0.3, 0.4) is 0 Å². The maximum absolute atomic E-state index is 11.2. The summed E-state index contributed by atoms with van der Waals surface area (Å²) >= 11 is 0. The molecule has 0 rings (SSSR count). The Kier molecular flexibility index (Phi) is 18.5. The summed E-state index contributed by atoms with van der Waals surface area (Å²) in [6.07, 6.45) is 16.7. The molecule has 2 nitrogen and oxygen atoms in total. The molecular weight excluding hydrogens is 294 g/mol. The molecule has 0 aromatic rings. The van der Waals surface area contributed by atoms with E-state index < -0.39 is 0 Å². The number of amides is 1. The van der Waals surface area contributed by atoms with Gasteiger partial charge >= 0.3 is 0 Å². The normalized spacial score (nSPS) is 9.58. The van der Waals surface area contributed by atoms with E-state index in [0.29, 0.717) is 13.0 Å². The molecular formula is C22H37NO. The van der Waals surface area contributed by atoms with E-state index >= 15 is 0 Å². The quantitative estimate of drug-likeness (QED) is 0.325. The third kappa shape index (κ3) is 18.6. The summed E-state index contributed by atoms with van der Waals surface area (Å²) in [4.78, 5) is 11.2. The van der Waals surface area contributed by atoms with Gasteiger partial charge in [-0.05, 0) is 31.6 Å². The van der Waals surface area contributed by atoms with Crippen LogP contribution in [0.25, 0.3) is 0 Å². The second-order valence-corrected chi connectivity index (χ2v) is 6.34. The molecule has 0 saturated carbocycles. The summed E-state index contributed by atoms with van der Waals surface area (Å²) < 4.78 is 0. The standard InChI is InChI=1S/C22H37NO/c1-3-5-6-7-8-9-10-11-12-13-14-15-16-17-18-19-20-21-22(24)23-4-2/h3-14,19-21H2,1-2H3,(H,23,24). The van der Waals surface area contributed by atoms with Crippen molar-refractivity contribution in [2.24, 2.45) is 0 Å². The second kappa shape index (κ2) is 19.6. The summed E-state index contributed by atoms with van der Waals surface area (Å²) in [5, 5.41) is 2.79. The second-order valence-electron chi connectivity index (χ2n) is 6.34. The molecule has 0 aliphatic rings. The van der Waals surface area contributed by atoms with Crippen LogP contribution in [0.2, 0.25) is 0 Å². The van der Waals surface area contributed by atoms with Crippen LogP contribution in [-0.4, -0.2) is 12.5 Å². The highest BCUT2D eigenvalue weighted by Gasteiger charge is 1.96. The number of hydrogen-bond acceptors (Lipinski definition) is 1. The Balaban J connectivity index is 3.31. The highest BCUT2D eigenvalue weighted by Crippen LogP contribution is 2.10. The predicted octanol–water partition coefficient (Wildman–Crippen LogP) is 5.61. The van der Waals surface area contributed by atoms with Gasteiger partial charge in [0.05, 0.1) is 0 Å². The Labute approximate surface area is 150 Å². The Morgan fingerprint density at radius 1 is 0.708 bits per heavy atom. The number of rotatable bonds is 14. The minimum absolute atomic E-state index is 0.117. The number of carbonyl (C=O) groups excluding carboxylic acids is 1. The van der Waals surface area contributed by atoms with Crippen LogP contribution in [0.1, 0.15) is 104 Å². The van der Waals surface area contributed by atoms with Gasteiger partial charge in [-0.1, -0.05) is 76.6 Å². The van der Waals surface area contributed by atoms with Crippen LogP contribution in [0.4, 0.5) is 0 Å². The van der Waals surface area contributed by atoms with Gasteiger partial charge in [-0.3, -0.25) is 4.79 Å². The van der Waals surface area contributed by atoms with Gasteiger partial charge in [0.15, 0.2) is 0 Å². The highest BCUT2D eigenvalue weighted by atomic mass is 16.1. The van der Waals surface area contributed by atoms with Crippen molar-refractivity contribution in [3.05, 3.63) is 0 Å². The third-order valence-corrected chi connectivity index (χ3v) is 3.97. The van der Waals surface area contributed by atoms with Crippen LogP contribution in [0.5, 0.6) is 0 Å². The van der Waals surface area contributed by atoms with Crippen LogP contribution >= 0.6 is 0 Å². The lowest BCUT2D eigenvalue weighted by Crippen LogP contribution is -2.21. The van der Waals surface area contributed by atoms with Crippen molar-refractivity contribution >= 4 is 5.91 Å². The van der Waals surface area contributed by atoms with Gasteiger partial charge in [-0.25, -0.2) is 0 Å². The van der Waals surface area contributed by atoms with Gasteiger partial charge < -0.3 is 5.32 Å². The Morgan fingerprint density at radius 2 is 1.21 bits per heavy atom. The van der Waals surface area contributed by atoms with Gasteiger partial charge in [0.25, 0.3) is 0 Å². The van der Waals surface area contributed by atoms with E-state index in [0.717, 1.165) is 19.3 Å². The molecule has 0 aromatic heterocycles. The predicted molar refractivity (Wildman–Crippen MR) is 105 cm³/mol. The lowest BCUT2D eigenvalue weighted by molar-refractivity contribution is -0.121. The zero-order valence-electron chi connectivity index (χ0n) is 16.0. The molecule has 0 bridgehead atoms. The summed E-state index contributed by atoms with van der Waals surface area (Å²) in [6.45, 7) is 4.90. The van der Waals surface area contributed by atoms with Crippen molar-refractivity contribution in [1.29, 1.82) is 0 Å². The molecule has 0 fully saturated rings. The molecule has 0 radical (unpaired) electrons. The summed E-state index contributed by atoms with van der Waals surface area (Å²) in [5.41, 5.74) is 0. The first-order chi connectivity index (χ1) is 11.8. The van der Waals surface area contributed by atoms with Crippen LogP contribution in [0, 0.1) is 23.7 Å². The minimum Gasteiger partial charge on any atom is -0.356 e. The van der Waals surface area contributed by atoms with E-state index in [1.54, 1.807) is 0 Å². The fraction of sp³-hybridized carbons (Fsp3) is 0.773. The van der Waals surface area contributed by atoms with Crippen molar-refractivity contribution in [3.63, 3.8) is 0 Å². The Hall–Kier alpha value is -1.41. The zero-order valence-corrected chi connectivity index (χ0v) is 16.0. The van der Waals surface area contributed by atoms with E-state index in [9.17, 15) is 4.79 Å². The monoisotopic (exact) mass is 331 g/mol. The van der Waals surface area contributed by atoms with Crippen LogP contribution in [-0.2, 0) is 4.79 Å². The van der Waals surface area contributed by atoms with Crippen LogP contribution < -0.4 is 5.32 Å². The van der Waals surface area contributed by atoms with Gasteiger partial charge in [0.1, 0.15) is 0 Å². The molecule has 1 amide bonds. The molecule has 0 heterocycles. The van der Waals surface area contributed by atoms with Crippen LogP contribution in [0.15, 0.2) is 0 Å². The van der Waals surface area contributed by atoms with Gasteiger partial charge in [0.2, 0.25) is 5.91 Å². The molecule has 2 heteroatoms. The SMILES string of the molecule is CCCCCCCCCCCCC#CC#CCCCC(=O)NCC. The van der Waals surface area contributed by atoms with E-state index in [2.05, 4.69) is 35.9 Å². The first kappa shape index (κ1) is 22.6. The van der Waals surface area contributed by atoms with Crippen molar-refractivity contribution in [2.75, 3.05) is 6.54 Å². The average Bonchev–Trinajstić information content (AvgIpc) is 2.58. The lowest BCUT2D eigenvalue weighted by atomic mass is 10.1. The third-order valence-electron chi connectivity index (χ3n) is 3.97. The molecule has 0 aliphatic heterocycles. The first-order valence-corrected chi connectivity index (χ1v) is 10.0.